The van der Waals surface area contributed by atoms with E-state index >= 15 is 0 Å². The van der Waals surface area contributed by atoms with Gasteiger partial charge < -0.3 is 4.98 Å². The van der Waals surface area contributed by atoms with Gasteiger partial charge in [-0.25, -0.2) is 18.4 Å². The Balaban J connectivity index is 0.00000109. The lowest BCUT2D eigenvalue weighted by Gasteiger charge is -2.47. The van der Waals surface area contributed by atoms with Gasteiger partial charge in [-0.1, -0.05) is 13.8 Å². The number of aromatic nitrogens is 5. The van der Waals surface area contributed by atoms with Crippen molar-refractivity contribution in [3.8, 4) is 17.3 Å². The number of hydrogen-bond donors (Lipinski definition) is 1. The Morgan fingerprint density at radius 2 is 2.07 bits per heavy atom. The maximum absolute atomic E-state index is 12.0. The van der Waals surface area contributed by atoms with Gasteiger partial charge in [0.25, 0.3) is 0 Å². The van der Waals surface area contributed by atoms with Gasteiger partial charge in [0.2, 0.25) is 10.0 Å². The zero-order valence-electron chi connectivity index (χ0n) is 16.1. The van der Waals surface area contributed by atoms with E-state index in [2.05, 4.69) is 26.1 Å². The molecule has 0 atom stereocenters. The Morgan fingerprint density at radius 3 is 2.75 bits per heavy atom. The molecule has 1 N–H and O–H groups in total. The van der Waals surface area contributed by atoms with Crippen LogP contribution in [0, 0.1) is 11.3 Å². The lowest BCUT2D eigenvalue weighted by Crippen LogP contribution is -2.64. The monoisotopic (exact) mass is 401 g/mol. The van der Waals surface area contributed by atoms with Gasteiger partial charge in [-0.2, -0.15) is 14.7 Å². The Kier molecular flexibility index (Phi) is 5.49. The van der Waals surface area contributed by atoms with E-state index in [1.54, 1.807) is 24.0 Å². The minimum absolute atomic E-state index is 0.0480. The molecule has 0 aliphatic carbocycles. The van der Waals surface area contributed by atoms with Crippen molar-refractivity contribution >= 4 is 21.1 Å². The number of rotatable bonds is 5. The van der Waals surface area contributed by atoms with Gasteiger partial charge in [-0.15, -0.1) is 0 Å². The third kappa shape index (κ3) is 3.27. The fourth-order valence-electron chi connectivity index (χ4n) is 3.28. The summed E-state index contributed by atoms with van der Waals surface area (Å²) in [6, 6.07) is 4.06. The van der Waals surface area contributed by atoms with E-state index in [4.69, 9.17) is 0 Å². The predicted molar refractivity (Wildman–Crippen MR) is 106 cm³/mol. The van der Waals surface area contributed by atoms with Crippen LogP contribution < -0.4 is 0 Å². The van der Waals surface area contributed by atoms with E-state index in [0.717, 1.165) is 22.3 Å². The second kappa shape index (κ2) is 7.69. The number of H-pyrrole nitrogens is 1. The van der Waals surface area contributed by atoms with Crippen LogP contribution in [0.25, 0.3) is 22.3 Å². The summed E-state index contributed by atoms with van der Waals surface area (Å²) in [5, 5.41) is 14.5. The molecule has 0 unspecified atom stereocenters. The zero-order chi connectivity index (χ0) is 20.4. The number of hydrogen-bond acceptors (Lipinski definition) is 6. The zero-order valence-corrected chi connectivity index (χ0v) is 16.9. The largest absolute Gasteiger partial charge is 0.346 e. The van der Waals surface area contributed by atoms with Crippen molar-refractivity contribution in [1.29, 1.82) is 5.26 Å². The molecule has 0 aromatic carbocycles. The molecule has 9 nitrogen and oxygen atoms in total. The molecule has 4 rings (SSSR count). The molecule has 0 spiro atoms. The molecule has 1 aliphatic rings. The Hall–Kier alpha value is -2.77. The lowest BCUT2D eigenvalue weighted by atomic mass is 9.89. The summed E-state index contributed by atoms with van der Waals surface area (Å²) in [7, 11) is -3.27. The van der Waals surface area contributed by atoms with Crippen LogP contribution in [0.3, 0.4) is 0 Å². The predicted octanol–water partition coefficient (Wildman–Crippen LogP) is 2.12. The molecular weight excluding hydrogens is 378 g/mol. The van der Waals surface area contributed by atoms with E-state index in [1.807, 2.05) is 26.1 Å². The van der Waals surface area contributed by atoms with Crippen LogP contribution in [0.1, 0.15) is 27.2 Å². The van der Waals surface area contributed by atoms with Gasteiger partial charge in [0, 0.05) is 36.4 Å². The Bertz CT molecular complexity index is 1100. The first-order valence-corrected chi connectivity index (χ1v) is 10.8. The summed E-state index contributed by atoms with van der Waals surface area (Å²) >= 11 is 0. The molecule has 3 aromatic heterocycles. The summed E-state index contributed by atoms with van der Waals surface area (Å²) in [4.78, 5) is 11.6. The molecule has 0 saturated carbocycles. The third-order valence-corrected chi connectivity index (χ3v) is 6.58. The molecule has 0 amide bonds. The maximum Gasteiger partial charge on any atom is 0.213 e. The highest BCUT2D eigenvalue weighted by Crippen LogP contribution is 2.35. The van der Waals surface area contributed by atoms with E-state index in [-0.39, 0.29) is 25.3 Å². The molecule has 3 aromatic rings. The molecule has 1 saturated heterocycles. The van der Waals surface area contributed by atoms with Crippen LogP contribution in [-0.4, -0.2) is 56.3 Å². The average Bonchev–Trinajstić information content (AvgIpc) is 3.35. The first kappa shape index (κ1) is 20.0. The van der Waals surface area contributed by atoms with Crippen molar-refractivity contribution in [2.24, 2.45) is 0 Å². The average molecular weight is 401 g/mol. The number of nitriles is 1. The van der Waals surface area contributed by atoms with Crippen molar-refractivity contribution in [3.63, 3.8) is 0 Å². The highest BCUT2D eigenvalue weighted by atomic mass is 32.2. The van der Waals surface area contributed by atoms with Crippen LogP contribution in [0.5, 0.6) is 0 Å². The molecule has 4 heterocycles. The molecule has 0 radical (unpaired) electrons. The number of nitrogens with one attached hydrogen (secondary N) is 1. The van der Waals surface area contributed by atoms with Crippen LogP contribution in [0.15, 0.2) is 31.0 Å². The number of fused-ring (bicyclic) bond motifs is 1. The standard InChI is InChI=1S/C16H17N7O2S.C2H6/c1-2-26(24,25)22-9-16(10-22,4-5-17)23-8-12(7-21-23)14-13-3-6-18-15(13)20-11-19-14;1-2/h3,6-8,11H,2,4,9-10H2,1H3,(H,18,19,20);1-2H3. The van der Waals surface area contributed by atoms with Crippen molar-refractivity contribution in [3.05, 3.63) is 31.0 Å². The molecule has 1 fully saturated rings. The van der Waals surface area contributed by atoms with E-state index in [1.165, 1.54) is 10.6 Å². The lowest BCUT2D eigenvalue weighted by molar-refractivity contribution is 0.0719. The minimum atomic E-state index is -3.27. The fourth-order valence-corrected chi connectivity index (χ4v) is 4.52. The second-order valence-electron chi connectivity index (χ2n) is 6.36. The molecule has 148 valence electrons. The van der Waals surface area contributed by atoms with E-state index in [0.29, 0.717) is 0 Å². The number of nitrogens with zero attached hydrogens (tertiary/aromatic N) is 6. The fraction of sp³-hybridized carbons (Fsp3) is 0.444. The minimum Gasteiger partial charge on any atom is -0.346 e. The van der Waals surface area contributed by atoms with Gasteiger partial charge in [0.1, 0.15) is 17.5 Å². The maximum atomic E-state index is 12.0. The van der Waals surface area contributed by atoms with E-state index < -0.39 is 15.6 Å². The van der Waals surface area contributed by atoms with Gasteiger partial charge in [-0.05, 0) is 13.0 Å². The van der Waals surface area contributed by atoms with Gasteiger partial charge in [0.05, 0.1) is 30.1 Å². The quantitative estimate of drug-likeness (QED) is 0.699. The molecule has 0 bridgehead atoms. The van der Waals surface area contributed by atoms with Crippen LogP contribution in [-0.2, 0) is 15.6 Å². The van der Waals surface area contributed by atoms with Gasteiger partial charge in [0.15, 0.2) is 0 Å². The molecule has 28 heavy (non-hydrogen) atoms. The summed E-state index contributed by atoms with van der Waals surface area (Å²) in [6.45, 7) is 6.12. The van der Waals surface area contributed by atoms with Gasteiger partial charge in [-0.3, -0.25) is 4.68 Å². The topological polar surface area (TPSA) is 121 Å². The van der Waals surface area contributed by atoms with Crippen molar-refractivity contribution in [2.75, 3.05) is 18.8 Å². The first-order chi connectivity index (χ1) is 13.5. The Morgan fingerprint density at radius 1 is 1.32 bits per heavy atom. The molecular formula is C18H23N7O2S. The summed E-state index contributed by atoms with van der Waals surface area (Å²) in [5.74, 6) is 0.0480. The molecule has 1 aliphatic heterocycles. The van der Waals surface area contributed by atoms with Crippen molar-refractivity contribution in [2.45, 2.75) is 32.7 Å². The molecule has 10 heteroatoms. The van der Waals surface area contributed by atoms with Gasteiger partial charge >= 0.3 is 0 Å². The third-order valence-electron chi connectivity index (χ3n) is 4.80. The highest BCUT2D eigenvalue weighted by molar-refractivity contribution is 7.89. The normalized spacial score (nSPS) is 16.1. The second-order valence-corrected chi connectivity index (χ2v) is 8.62. The highest BCUT2D eigenvalue weighted by Gasteiger charge is 2.49. The van der Waals surface area contributed by atoms with Crippen LogP contribution in [0.4, 0.5) is 0 Å². The first-order valence-electron chi connectivity index (χ1n) is 9.17. The number of aromatic amines is 1. The smallest absolute Gasteiger partial charge is 0.213 e. The number of sulfonamides is 1. The SMILES string of the molecule is CC.CCS(=O)(=O)N1CC(CC#N)(n2cc(-c3ncnc4[nH]ccc34)cn2)C1. The summed E-state index contributed by atoms with van der Waals surface area (Å²) < 4.78 is 27.2. The summed E-state index contributed by atoms with van der Waals surface area (Å²) in [6.07, 6.45) is 6.97. The van der Waals surface area contributed by atoms with Crippen molar-refractivity contribution in [1.82, 2.24) is 29.0 Å². The van der Waals surface area contributed by atoms with Crippen LogP contribution >= 0.6 is 0 Å². The van der Waals surface area contributed by atoms with Crippen molar-refractivity contribution < 1.29 is 8.42 Å². The Labute approximate surface area is 164 Å². The summed E-state index contributed by atoms with van der Waals surface area (Å²) in [5.41, 5.74) is 1.64. The van der Waals surface area contributed by atoms with E-state index in [9.17, 15) is 13.7 Å². The van der Waals surface area contributed by atoms with Crippen LogP contribution in [0.2, 0.25) is 0 Å².